The van der Waals surface area contributed by atoms with Crippen LogP contribution in [0.25, 0.3) is 0 Å². The lowest BCUT2D eigenvalue weighted by Gasteiger charge is -2.58. The number of fused-ring (bicyclic) bond motifs is 2. The summed E-state index contributed by atoms with van der Waals surface area (Å²) in [5, 5.41) is 24.1. The summed E-state index contributed by atoms with van der Waals surface area (Å²) in [6.45, 7) is 4.69. The molecule has 0 aromatic heterocycles. The Labute approximate surface area is 305 Å². The van der Waals surface area contributed by atoms with Gasteiger partial charge in [-0.25, -0.2) is 0 Å². The normalized spacial score (nSPS) is 26.0. The van der Waals surface area contributed by atoms with E-state index in [9.17, 15) is 10.2 Å². The summed E-state index contributed by atoms with van der Waals surface area (Å²) in [6, 6.07) is 24.8. The third kappa shape index (κ3) is 7.82. The van der Waals surface area contributed by atoms with Gasteiger partial charge in [-0.3, -0.25) is 0 Å². The van der Waals surface area contributed by atoms with Crippen molar-refractivity contribution in [2.75, 3.05) is 33.2 Å². The highest BCUT2D eigenvalue weighted by Crippen LogP contribution is 2.63. The first-order valence-electron chi connectivity index (χ1n) is 17.7. The van der Waals surface area contributed by atoms with E-state index < -0.39 is 5.79 Å². The van der Waals surface area contributed by atoms with Crippen LogP contribution in [0.1, 0.15) is 56.4 Å². The number of nitrogens with zero attached hydrogens (tertiary/aromatic N) is 1. The van der Waals surface area contributed by atoms with Gasteiger partial charge in [0, 0.05) is 40.9 Å². The first-order valence-corrected chi connectivity index (χ1v) is 19.8. The fraction of sp³-hybridized carbons (Fsp3) is 0.439. The molecule has 7 nitrogen and oxygen atoms in total. The topological polar surface area (TPSA) is 89.7 Å². The average molecular weight is 716 g/mol. The van der Waals surface area contributed by atoms with Gasteiger partial charge in [0.1, 0.15) is 24.4 Å². The molecule has 50 heavy (non-hydrogen) atoms. The van der Waals surface area contributed by atoms with Crippen molar-refractivity contribution in [3.63, 3.8) is 0 Å². The third-order valence-corrected chi connectivity index (χ3v) is 12.2. The lowest BCUT2D eigenvalue weighted by Crippen LogP contribution is -2.64. The number of rotatable bonds is 17. The minimum Gasteiger partial charge on any atom is -0.460 e. The van der Waals surface area contributed by atoms with E-state index in [0.717, 1.165) is 77.5 Å². The van der Waals surface area contributed by atoms with Crippen LogP contribution in [0.2, 0.25) is 0 Å². The van der Waals surface area contributed by atoms with Crippen LogP contribution in [0.5, 0.6) is 17.2 Å². The second-order valence-corrected chi connectivity index (χ2v) is 15.3. The van der Waals surface area contributed by atoms with Crippen molar-refractivity contribution in [3.05, 3.63) is 103 Å². The van der Waals surface area contributed by atoms with Gasteiger partial charge in [-0.15, -0.1) is 30.1 Å². The van der Waals surface area contributed by atoms with Crippen molar-refractivity contribution in [1.29, 1.82) is 0 Å². The van der Waals surface area contributed by atoms with Gasteiger partial charge in [-0.2, -0.15) is 0 Å². The Hall–Kier alpha value is -3.21. The SMILES string of the molecule is C=CCO[C@@]12Oc3ccc(Oc4ccc(SC)cc4)cc3[C@H]3[C@H](CCCCO)[C@@H](CCCCO)C=C(C(=NOC)C[C@@H]1Sc1ccccc1)[C@H]32. The monoisotopic (exact) mass is 715 g/mol. The predicted octanol–water partition coefficient (Wildman–Crippen LogP) is 9.26. The summed E-state index contributed by atoms with van der Waals surface area (Å²) >= 11 is 3.46. The molecule has 266 valence electrons. The summed E-state index contributed by atoms with van der Waals surface area (Å²) in [4.78, 5) is 7.84. The Kier molecular flexibility index (Phi) is 12.7. The molecule has 0 radical (unpaired) electrons. The molecule has 0 amide bonds. The second-order valence-electron chi connectivity index (χ2n) is 13.1. The van der Waals surface area contributed by atoms with Gasteiger partial charge in [0.15, 0.2) is 0 Å². The summed E-state index contributed by atoms with van der Waals surface area (Å²) in [7, 11) is 1.61. The van der Waals surface area contributed by atoms with Crippen LogP contribution in [0, 0.1) is 17.8 Å². The van der Waals surface area contributed by atoms with E-state index in [-0.39, 0.29) is 42.1 Å². The molecular weight excluding hydrogens is 667 g/mol. The fourth-order valence-electron chi connectivity index (χ4n) is 8.04. The molecule has 0 bridgehead atoms. The number of aliphatic hydroxyl groups is 2. The number of hydrogen-bond acceptors (Lipinski definition) is 9. The van der Waals surface area contributed by atoms with E-state index in [1.165, 1.54) is 4.90 Å². The minimum atomic E-state index is -1.02. The molecule has 2 N–H and O–H groups in total. The quantitative estimate of drug-likeness (QED) is 0.0619. The van der Waals surface area contributed by atoms with Crippen molar-refractivity contribution in [1.82, 2.24) is 0 Å². The van der Waals surface area contributed by atoms with Gasteiger partial charge in [-0.1, -0.05) is 48.3 Å². The molecule has 6 atom stereocenters. The molecule has 1 fully saturated rings. The summed E-state index contributed by atoms with van der Waals surface area (Å²) < 4.78 is 20.7. The van der Waals surface area contributed by atoms with Crippen molar-refractivity contribution in [2.24, 2.45) is 22.9 Å². The smallest absolute Gasteiger partial charge is 0.231 e. The minimum absolute atomic E-state index is 0.00466. The molecule has 0 unspecified atom stereocenters. The molecule has 0 saturated heterocycles. The maximum atomic E-state index is 9.83. The molecule has 9 heteroatoms. The van der Waals surface area contributed by atoms with Crippen molar-refractivity contribution in [3.8, 4) is 17.2 Å². The zero-order valence-electron chi connectivity index (χ0n) is 29.0. The van der Waals surface area contributed by atoms with Gasteiger partial charge in [0.05, 0.1) is 23.5 Å². The molecule has 1 heterocycles. The van der Waals surface area contributed by atoms with Crippen molar-refractivity contribution in [2.45, 2.75) is 71.7 Å². The number of oxime groups is 1. The van der Waals surface area contributed by atoms with Crippen molar-refractivity contribution >= 4 is 29.2 Å². The molecule has 6 rings (SSSR count). The maximum absolute atomic E-state index is 9.83. The number of hydrogen-bond donors (Lipinski definition) is 2. The lowest BCUT2D eigenvalue weighted by molar-refractivity contribution is -0.223. The number of thioether (sulfide) groups is 2. The first kappa shape index (κ1) is 36.6. The molecule has 1 aliphatic heterocycles. The highest BCUT2D eigenvalue weighted by atomic mass is 32.2. The molecule has 2 aliphatic carbocycles. The molecule has 3 aromatic rings. The van der Waals surface area contributed by atoms with Crippen LogP contribution < -0.4 is 9.47 Å². The van der Waals surface area contributed by atoms with Gasteiger partial charge >= 0.3 is 0 Å². The van der Waals surface area contributed by atoms with E-state index >= 15 is 0 Å². The Bertz CT molecular complexity index is 1630. The van der Waals surface area contributed by atoms with Crippen LogP contribution in [-0.4, -0.2) is 60.1 Å². The molecular formula is C41H49NO6S2. The van der Waals surface area contributed by atoms with E-state index in [1.54, 1.807) is 36.7 Å². The van der Waals surface area contributed by atoms with E-state index in [2.05, 4.69) is 66.5 Å². The standard InChI is InChI=1S/C41H49NO6S2/c1-4-24-46-41-38(50-32-13-6-5-7-14-32)27-36(42-45-2)34-25-28(12-8-10-22-43)33(15-9-11-23-44)39(40(34)41)35-26-30(18-21-37(35)48-41)47-29-16-19-31(49-3)20-17-29/h4-7,13-14,16-21,25-26,28,33,38-40,43-44H,1,8-12,15,22-24,27H2,2-3H3/t28-,33+,38-,39+,40+,41+/m0/s1. The van der Waals surface area contributed by atoms with Crippen LogP contribution in [0.4, 0.5) is 0 Å². The Morgan fingerprint density at radius 1 is 0.940 bits per heavy atom. The second kappa shape index (κ2) is 17.3. The van der Waals surface area contributed by atoms with Crippen LogP contribution in [0.15, 0.2) is 112 Å². The van der Waals surface area contributed by atoms with Gasteiger partial charge in [0.25, 0.3) is 0 Å². The Balaban J connectivity index is 1.53. The average Bonchev–Trinajstić information content (AvgIpc) is 3.14. The largest absolute Gasteiger partial charge is 0.460 e. The van der Waals surface area contributed by atoms with Gasteiger partial charge in [-0.05, 0) is 104 Å². The molecule has 1 saturated carbocycles. The maximum Gasteiger partial charge on any atom is 0.231 e. The number of unbranched alkanes of at least 4 members (excludes halogenated alkanes) is 2. The van der Waals surface area contributed by atoms with E-state index in [4.69, 9.17) is 19.0 Å². The van der Waals surface area contributed by atoms with E-state index in [1.807, 2.05) is 30.3 Å². The summed E-state index contributed by atoms with van der Waals surface area (Å²) in [5.41, 5.74) is 3.13. The summed E-state index contributed by atoms with van der Waals surface area (Å²) in [5.74, 6) is 1.57. The van der Waals surface area contributed by atoms with Crippen LogP contribution in [0.3, 0.4) is 0 Å². The first-order chi connectivity index (χ1) is 24.5. The van der Waals surface area contributed by atoms with Gasteiger partial charge < -0.3 is 29.3 Å². The van der Waals surface area contributed by atoms with Crippen LogP contribution in [-0.2, 0) is 9.57 Å². The lowest BCUT2D eigenvalue weighted by atomic mass is 9.56. The fourth-order valence-corrected chi connectivity index (χ4v) is 9.76. The van der Waals surface area contributed by atoms with Crippen molar-refractivity contribution < 1.29 is 29.3 Å². The Morgan fingerprint density at radius 3 is 2.38 bits per heavy atom. The van der Waals surface area contributed by atoms with Gasteiger partial charge in [0.2, 0.25) is 5.79 Å². The number of allylic oxidation sites excluding steroid dienone is 1. The number of benzene rings is 3. The van der Waals surface area contributed by atoms with Crippen LogP contribution >= 0.6 is 23.5 Å². The highest BCUT2D eigenvalue weighted by molar-refractivity contribution is 8.00. The predicted molar refractivity (Wildman–Crippen MR) is 203 cm³/mol. The third-order valence-electron chi connectivity index (χ3n) is 10.1. The number of aliphatic hydroxyl groups excluding tert-OH is 2. The molecule has 3 aromatic carbocycles. The van der Waals surface area contributed by atoms with E-state index in [0.29, 0.717) is 13.0 Å². The molecule has 3 aliphatic rings. The molecule has 0 spiro atoms. The zero-order valence-corrected chi connectivity index (χ0v) is 30.7. The Morgan fingerprint density at radius 2 is 1.68 bits per heavy atom. The number of ether oxygens (including phenoxy) is 3. The zero-order chi connectivity index (χ0) is 34.9. The summed E-state index contributed by atoms with van der Waals surface area (Å²) in [6.07, 6.45) is 12.1. The highest BCUT2D eigenvalue weighted by Gasteiger charge is 2.64.